The molecule has 0 aliphatic carbocycles. The van der Waals surface area contributed by atoms with Crippen molar-refractivity contribution in [2.24, 2.45) is 10.7 Å². The van der Waals surface area contributed by atoms with Gasteiger partial charge in [0.1, 0.15) is 6.54 Å². The van der Waals surface area contributed by atoms with Gasteiger partial charge in [0, 0.05) is 27.1 Å². The standard InChI is InChI=1S/C12H11BrF2N2OS/c13-7-1-2-9-8(5-7)11(3-4-19-9)12(14,15)6-17-10(16)18-11/h1-2,5H,3-4,6H2,(H2,16,17)/t11-/m1/s1. The fourth-order valence-corrected chi connectivity index (χ4v) is 3.97. The summed E-state index contributed by atoms with van der Waals surface area (Å²) in [5.74, 6) is -2.50. The number of nitrogens with two attached hydrogens (primary N) is 1. The van der Waals surface area contributed by atoms with Crippen LogP contribution in [-0.2, 0) is 10.3 Å². The highest BCUT2D eigenvalue weighted by Crippen LogP contribution is 2.52. The lowest BCUT2D eigenvalue weighted by atomic mass is 9.83. The van der Waals surface area contributed by atoms with Gasteiger partial charge in [-0.05, 0) is 18.2 Å². The molecule has 2 heterocycles. The van der Waals surface area contributed by atoms with Gasteiger partial charge in [-0.2, -0.15) is 8.78 Å². The molecule has 2 aliphatic heterocycles. The average molecular weight is 349 g/mol. The van der Waals surface area contributed by atoms with Crippen LogP contribution >= 0.6 is 27.7 Å². The van der Waals surface area contributed by atoms with E-state index in [1.807, 2.05) is 12.1 Å². The largest absolute Gasteiger partial charge is 0.447 e. The average Bonchev–Trinajstić information content (AvgIpc) is 2.36. The molecular formula is C12H11BrF2N2OS. The predicted octanol–water partition coefficient (Wildman–Crippen LogP) is 3.12. The molecule has 0 unspecified atom stereocenters. The van der Waals surface area contributed by atoms with Crippen LogP contribution in [0.25, 0.3) is 0 Å². The van der Waals surface area contributed by atoms with Crippen LogP contribution < -0.4 is 5.73 Å². The van der Waals surface area contributed by atoms with Crippen molar-refractivity contribution in [3.05, 3.63) is 28.2 Å². The molecule has 19 heavy (non-hydrogen) atoms. The highest BCUT2D eigenvalue weighted by atomic mass is 79.9. The van der Waals surface area contributed by atoms with E-state index in [9.17, 15) is 8.78 Å². The van der Waals surface area contributed by atoms with Gasteiger partial charge in [-0.1, -0.05) is 15.9 Å². The number of amidine groups is 1. The molecule has 3 nitrogen and oxygen atoms in total. The lowest BCUT2D eigenvalue weighted by Crippen LogP contribution is -2.56. The molecular weight excluding hydrogens is 338 g/mol. The monoisotopic (exact) mass is 348 g/mol. The molecule has 0 fully saturated rings. The first kappa shape index (κ1) is 13.2. The van der Waals surface area contributed by atoms with Crippen molar-refractivity contribution in [2.75, 3.05) is 12.3 Å². The maximum absolute atomic E-state index is 14.4. The van der Waals surface area contributed by atoms with Crippen LogP contribution in [0.5, 0.6) is 0 Å². The Morgan fingerprint density at radius 1 is 1.42 bits per heavy atom. The number of aliphatic imine (C=N–C) groups is 1. The van der Waals surface area contributed by atoms with E-state index in [4.69, 9.17) is 10.5 Å². The minimum atomic E-state index is -3.06. The molecule has 0 aromatic heterocycles. The van der Waals surface area contributed by atoms with Crippen molar-refractivity contribution in [1.82, 2.24) is 0 Å². The number of alkyl halides is 2. The van der Waals surface area contributed by atoms with E-state index in [1.54, 1.807) is 17.8 Å². The Morgan fingerprint density at radius 2 is 2.21 bits per heavy atom. The van der Waals surface area contributed by atoms with Crippen LogP contribution in [0.2, 0.25) is 0 Å². The normalized spacial score (nSPS) is 28.5. The Kier molecular flexibility index (Phi) is 3.01. The van der Waals surface area contributed by atoms with Gasteiger partial charge in [0.2, 0.25) is 5.60 Å². The van der Waals surface area contributed by atoms with Gasteiger partial charge < -0.3 is 10.5 Å². The zero-order valence-corrected chi connectivity index (χ0v) is 12.2. The molecule has 1 aromatic carbocycles. The number of benzene rings is 1. The Labute approximate surface area is 121 Å². The van der Waals surface area contributed by atoms with Crippen molar-refractivity contribution in [2.45, 2.75) is 22.8 Å². The fourth-order valence-electron chi connectivity index (χ4n) is 2.46. The third-order valence-corrected chi connectivity index (χ3v) is 4.96. The summed E-state index contributed by atoms with van der Waals surface area (Å²) in [4.78, 5) is 4.34. The van der Waals surface area contributed by atoms with Crippen molar-refractivity contribution < 1.29 is 13.5 Å². The summed E-state index contributed by atoms with van der Waals surface area (Å²) >= 11 is 4.87. The van der Waals surface area contributed by atoms with Gasteiger partial charge in [-0.3, -0.25) is 0 Å². The molecule has 7 heteroatoms. The van der Waals surface area contributed by atoms with Crippen LogP contribution in [0.3, 0.4) is 0 Å². The molecule has 0 amide bonds. The molecule has 2 N–H and O–H groups in total. The second-order valence-electron chi connectivity index (χ2n) is 4.53. The number of fused-ring (bicyclic) bond motifs is 2. The predicted molar refractivity (Wildman–Crippen MR) is 73.7 cm³/mol. The van der Waals surface area contributed by atoms with Crippen molar-refractivity contribution in [3.63, 3.8) is 0 Å². The van der Waals surface area contributed by atoms with E-state index in [0.717, 1.165) is 9.37 Å². The number of halogens is 3. The summed E-state index contributed by atoms with van der Waals surface area (Å²) in [6.45, 7) is -0.630. The number of hydrogen-bond acceptors (Lipinski definition) is 4. The van der Waals surface area contributed by atoms with Gasteiger partial charge in [0.25, 0.3) is 6.02 Å². The Bertz CT molecular complexity index is 567. The van der Waals surface area contributed by atoms with Gasteiger partial charge in [-0.15, -0.1) is 11.8 Å². The molecule has 0 saturated carbocycles. The number of nitrogens with zero attached hydrogens (tertiary/aromatic N) is 1. The topological polar surface area (TPSA) is 47.6 Å². The highest BCUT2D eigenvalue weighted by molar-refractivity contribution is 9.10. The summed E-state index contributed by atoms with van der Waals surface area (Å²) in [5.41, 5.74) is 4.33. The molecule has 102 valence electrons. The number of rotatable bonds is 0. The first-order valence-electron chi connectivity index (χ1n) is 5.74. The molecule has 3 rings (SSSR count). The van der Waals surface area contributed by atoms with E-state index in [-0.39, 0.29) is 12.4 Å². The van der Waals surface area contributed by atoms with Gasteiger partial charge in [0.05, 0.1) is 0 Å². The summed E-state index contributed by atoms with van der Waals surface area (Å²) in [6, 6.07) is 5.19. The second kappa shape index (κ2) is 4.34. The molecule has 1 aromatic rings. The SMILES string of the molecule is NC1=NCC(F)(F)[C@]2(CCSc3ccc(Br)cc32)O1. The molecule has 0 saturated heterocycles. The third-order valence-electron chi connectivity index (χ3n) is 3.39. The Hall–Kier alpha value is -0.820. The summed E-state index contributed by atoms with van der Waals surface area (Å²) in [6.07, 6.45) is 0.213. The number of ether oxygens (including phenoxy) is 1. The van der Waals surface area contributed by atoms with Gasteiger partial charge >= 0.3 is 5.92 Å². The van der Waals surface area contributed by atoms with Gasteiger partial charge in [0.15, 0.2) is 0 Å². The van der Waals surface area contributed by atoms with E-state index in [0.29, 0.717) is 11.3 Å². The highest BCUT2D eigenvalue weighted by Gasteiger charge is 2.61. The third kappa shape index (κ3) is 1.94. The minimum Gasteiger partial charge on any atom is -0.447 e. The zero-order valence-electron chi connectivity index (χ0n) is 9.83. The van der Waals surface area contributed by atoms with Crippen LogP contribution in [-0.4, -0.2) is 24.2 Å². The first-order valence-corrected chi connectivity index (χ1v) is 7.52. The maximum atomic E-state index is 14.4. The minimum absolute atomic E-state index is 0.163. The van der Waals surface area contributed by atoms with E-state index >= 15 is 0 Å². The van der Waals surface area contributed by atoms with E-state index < -0.39 is 18.1 Å². The van der Waals surface area contributed by atoms with Crippen LogP contribution in [0, 0.1) is 0 Å². The van der Waals surface area contributed by atoms with Gasteiger partial charge in [-0.25, -0.2) is 4.99 Å². The molecule has 0 radical (unpaired) electrons. The summed E-state index contributed by atoms with van der Waals surface area (Å²) < 4.78 is 34.9. The van der Waals surface area contributed by atoms with Crippen molar-refractivity contribution >= 4 is 33.7 Å². The van der Waals surface area contributed by atoms with E-state index in [1.165, 1.54) is 0 Å². The van der Waals surface area contributed by atoms with E-state index in [2.05, 4.69) is 20.9 Å². The molecule has 2 aliphatic rings. The number of hydrogen-bond donors (Lipinski definition) is 1. The van der Waals surface area contributed by atoms with Crippen molar-refractivity contribution in [3.8, 4) is 0 Å². The molecule has 1 spiro atoms. The van der Waals surface area contributed by atoms with Crippen LogP contribution in [0.15, 0.2) is 32.6 Å². The van der Waals surface area contributed by atoms with Crippen LogP contribution in [0.1, 0.15) is 12.0 Å². The molecule has 1 atom stereocenters. The maximum Gasteiger partial charge on any atom is 0.310 e. The Balaban J connectivity index is 2.21. The number of thioether (sulfide) groups is 1. The fraction of sp³-hybridized carbons (Fsp3) is 0.417. The summed E-state index contributed by atoms with van der Waals surface area (Å²) in [5, 5.41) is 0. The zero-order chi connectivity index (χ0) is 13.7. The Morgan fingerprint density at radius 3 is 3.00 bits per heavy atom. The smallest absolute Gasteiger partial charge is 0.310 e. The summed E-state index contributed by atoms with van der Waals surface area (Å²) in [7, 11) is 0. The van der Waals surface area contributed by atoms with Crippen LogP contribution in [0.4, 0.5) is 8.78 Å². The first-order chi connectivity index (χ1) is 8.95. The lowest BCUT2D eigenvalue weighted by Gasteiger charge is -2.44. The van der Waals surface area contributed by atoms with Crippen molar-refractivity contribution in [1.29, 1.82) is 0 Å². The lowest BCUT2D eigenvalue weighted by molar-refractivity contribution is -0.185. The second-order valence-corrected chi connectivity index (χ2v) is 6.58. The quantitative estimate of drug-likeness (QED) is 0.783. The molecule has 0 bridgehead atoms.